The van der Waals surface area contributed by atoms with Gasteiger partial charge in [0.1, 0.15) is 6.54 Å². The van der Waals surface area contributed by atoms with Crippen LogP contribution in [-0.4, -0.2) is 40.6 Å². The van der Waals surface area contributed by atoms with Crippen LogP contribution in [0.5, 0.6) is 0 Å². The highest BCUT2D eigenvalue weighted by atomic mass is 32.2. The van der Waals surface area contributed by atoms with Gasteiger partial charge in [-0.1, -0.05) is 0 Å². The van der Waals surface area contributed by atoms with E-state index in [-0.39, 0.29) is 12.4 Å². The summed E-state index contributed by atoms with van der Waals surface area (Å²) in [5, 5.41) is 10.2. The fourth-order valence-corrected chi connectivity index (χ4v) is 2.44. The molecule has 2 heterocycles. The maximum atomic E-state index is 12.0. The number of carbonyl (C=O) groups is 1. The number of fused-ring (bicyclic) bond motifs is 1. The van der Waals surface area contributed by atoms with E-state index < -0.39 is 21.7 Å². The molecule has 0 spiro atoms. The number of rotatable bonds is 5. The average molecular weight is 352 g/mol. The number of aromatic nitrogens is 4. The molecule has 126 valence electrons. The Morgan fingerprint density at radius 2 is 2.21 bits per heavy atom. The molecule has 0 atom stereocenters. The Balaban J connectivity index is 1.67. The first kappa shape index (κ1) is 15.7. The summed E-state index contributed by atoms with van der Waals surface area (Å²) in [6.45, 7) is -0.222. The summed E-state index contributed by atoms with van der Waals surface area (Å²) in [5.41, 5.74) is 1.26. The van der Waals surface area contributed by atoms with Crippen molar-refractivity contribution in [3.8, 4) is 0 Å². The third-order valence-corrected chi connectivity index (χ3v) is 3.40. The predicted molar refractivity (Wildman–Crippen MR) is 84.0 cm³/mol. The second-order valence-corrected chi connectivity index (χ2v) is 6.66. The van der Waals surface area contributed by atoms with Crippen LogP contribution >= 0.6 is 0 Å². The minimum atomic E-state index is -3.46. The van der Waals surface area contributed by atoms with Crippen molar-refractivity contribution in [3.63, 3.8) is 0 Å². The van der Waals surface area contributed by atoms with Crippen LogP contribution in [0.4, 0.5) is 11.5 Å². The normalized spacial score (nSPS) is 11.5. The van der Waals surface area contributed by atoms with Gasteiger partial charge in [0.05, 0.1) is 18.0 Å². The van der Waals surface area contributed by atoms with E-state index in [1.807, 2.05) is 0 Å². The highest BCUT2D eigenvalue weighted by molar-refractivity contribution is 7.92. The number of H-pyrrole nitrogens is 1. The molecule has 0 aliphatic rings. The summed E-state index contributed by atoms with van der Waals surface area (Å²) >= 11 is 0. The Labute approximate surface area is 134 Å². The predicted octanol–water partition coefficient (Wildman–Crippen LogP) is -0.277. The van der Waals surface area contributed by atoms with Crippen molar-refractivity contribution in [2.75, 3.05) is 16.3 Å². The fraction of sp³-hybridized carbons (Fsp3) is 0.167. The second kappa shape index (κ2) is 5.81. The number of nitrogens with one attached hydrogen (secondary N) is 3. The quantitative estimate of drug-likeness (QED) is 0.571. The highest BCUT2D eigenvalue weighted by Crippen LogP contribution is 2.16. The topological polar surface area (TPSA) is 152 Å². The number of anilines is 2. The van der Waals surface area contributed by atoms with Crippen LogP contribution in [-0.2, 0) is 21.4 Å². The monoisotopic (exact) mass is 352 g/mol. The van der Waals surface area contributed by atoms with Gasteiger partial charge >= 0.3 is 5.76 Å². The first-order chi connectivity index (χ1) is 11.3. The SMILES string of the molecule is CS(=O)(=O)Nc1cnn(CC(=O)Nc2ccc3[nH]c(=O)oc3c2)n1. The van der Waals surface area contributed by atoms with Crippen LogP contribution in [0.2, 0.25) is 0 Å². The molecule has 0 aliphatic heterocycles. The molecule has 0 radical (unpaired) electrons. The van der Waals surface area contributed by atoms with E-state index in [0.29, 0.717) is 16.8 Å². The van der Waals surface area contributed by atoms with Gasteiger partial charge in [0.25, 0.3) is 0 Å². The van der Waals surface area contributed by atoms with Gasteiger partial charge in [0.15, 0.2) is 11.4 Å². The van der Waals surface area contributed by atoms with E-state index in [2.05, 4.69) is 25.2 Å². The molecule has 0 bridgehead atoms. The van der Waals surface area contributed by atoms with Crippen LogP contribution in [0, 0.1) is 0 Å². The lowest BCUT2D eigenvalue weighted by atomic mass is 10.3. The maximum Gasteiger partial charge on any atom is 0.417 e. The van der Waals surface area contributed by atoms with Gasteiger partial charge in [-0.2, -0.15) is 9.90 Å². The van der Waals surface area contributed by atoms with Gasteiger partial charge in [-0.15, -0.1) is 5.10 Å². The lowest BCUT2D eigenvalue weighted by Crippen LogP contribution is -2.20. The van der Waals surface area contributed by atoms with Gasteiger partial charge in [0.2, 0.25) is 15.9 Å². The molecule has 2 aromatic heterocycles. The van der Waals surface area contributed by atoms with Gasteiger partial charge in [-0.3, -0.25) is 14.5 Å². The van der Waals surface area contributed by atoms with E-state index in [9.17, 15) is 18.0 Å². The lowest BCUT2D eigenvalue weighted by Gasteiger charge is -2.04. The molecule has 1 aromatic carbocycles. The molecule has 0 unspecified atom stereocenters. The zero-order chi connectivity index (χ0) is 17.3. The Hall–Kier alpha value is -3.15. The summed E-state index contributed by atoms with van der Waals surface area (Å²) in [4.78, 5) is 26.6. The van der Waals surface area contributed by atoms with Crippen LogP contribution in [0.1, 0.15) is 0 Å². The number of oxazole rings is 1. The van der Waals surface area contributed by atoms with Crippen molar-refractivity contribution in [1.29, 1.82) is 0 Å². The molecule has 3 aromatic rings. The Morgan fingerprint density at radius 3 is 2.96 bits per heavy atom. The van der Waals surface area contributed by atoms with Crippen LogP contribution < -0.4 is 15.8 Å². The second-order valence-electron chi connectivity index (χ2n) is 4.91. The van der Waals surface area contributed by atoms with Crippen LogP contribution in [0.3, 0.4) is 0 Å². The molecular formula is C12H12N6O5S. The first-order valence-corrected chi connectivity index (χ1v) is 8.48. The first-order valence-electron chi connectivity index (χ1n) is 6.59. The lowest BCUT2D eigenvalue weighted by molar-refractivity contribution is -0.117. The van der Waals surface area contributed by atoms with E-state index in [1.54, 1.807) is 12.1 Å². The number of aromatic amines is 1. The minimum absolute atomic E-state index is 0.0146. The molecule has 0 fully saturated rings. The molecule has 3 N–H and O–H groups in total. The van der Waals surface area contributed by atoms with Gasteiger partial charge in [-0.05, 0) is 12.1 Å². The number of nitrogens with zero attached hydrogens (tertiary/aromatic N) is 3. The van der Waals surface area contributed by atoms with E-state index in [0.717, 1.165) is 11.1 Å². The molecule has 0 saturated carbocycles. The molecule has 3 rings (SSSR count). The standard InChI is InChI=1S/C12H12N6O5S/c1-24(21,22)17-10-5-13-18(16-10)6-11(19)14-7-2-3-8-9(4-7)23-12(20)15-8/h2-5H,6H2,1H3,(H,14,19)(H,15,20)(H,16,17). The zero-order valence-electron chi connectivity index (χ0n) is 12.3. The third-order valence-electron chi connectivity index (χ3n) is 2.82. The molecular weight excluding hydrogens is 340 g/mol. The van der Waals surface area contributed by atoms with Crippen LogP contribution in [0.15, 0.2) is 33.6 Å². The molecule has 0 aliphatic carbocycles. The Kier molecular flexibility index (Phi) is 3.81. The third kappa shape index (κ3) is 3.78. The minimum Gasteiger partial charge on any atom is -0.408 e. The molecule has 11 nitrogen and oxygen atoms in total. The largest absolute Gasteiger partial charge is 0.417 e. The zero-order valence-corrected chi connectivity index (χ0v) is 13.1. The van der Waals surface area contributed by atoms with Crippen molar-refractivity contribution in [1.82, 2.24) is 20.0 Å². The van der Waals surface area contributed by atoms with E-state index in [4.69, 9.17) is 4.42 Å². The molecule has 12 heteroatoms. The van der Waals surface area contributed by atoms with E-state index >= 15 is 0 Å². The highest BCUT2D eigenvalue weighted by Gasteiger charge is 2.10. The summed E-state index contributed by atoms with van der Waals surface area (Å²) in [7, 11) is -3.46. The molecule has 0 saturated heterocycles. The summed E-state index contributed by atoms with van der Waals surface area (Å²) in [5.74, 6) is -1.00. The number of sulfonamides is 1. The van der Waals surface area contributed by atoms with Crippen molar-refractivity contribution in [3.05, 3.63) is 34.9 Å². The number of hydrogen-bond acceptors (Lipinski definition) is 7. The van der Waals surface area contributed by atoms with E-state index in [1.165, 1.54) is 12.3 Å². The smallest absolute Gasteiger partial charge is 0.408 e. The van der Waals surface area contributed by atoms with Crippen molar-refractivity contribution in [2.45, 2.75) is 6.54 Å². The summed E-state index contributed by atoms with van der Waals surface area (Å²) < 4.78 is 29.2. The number of benzene rings is 1. The number of carbonyl (C=O) groups excluding carboxylic acids is 1. The van der Waals surface area contributed by atoms with Gasteiger partial charge < -0.3 is 9.73 Å². The van der Waals surface area contributed by atoms with Crippen molar-refractivity contribution >= 4 is 38.5 Å². The van der Waals surface area contributed by atoms with Crippen molar-refractivity contribution in [2.24, 2.45) is 0 Å². The van der Waals surface area contributed by atoms with Gasteiger partial charge in [-0.25, -0.2) is 13.2 Å². The van der Waals surface area contributed by atoms with Crippen LogP contribution in [0.25, 0.3) is 11.1 Å². The molecule has 24 heavy (non-hydrogen) atoms. The fourth-order valence-electron chi connectivity index (χ4n) is 1.96. The number of amides is 1. The summed E-state index contributed by atoms with van der Waals surface area (Å²) in [6, 6.07) is 4.69. The maximum absolute atomic E-state index is 12.0. The summed E-state index contributed by atoms with van der Waals surface area (Å²) in [6.07, 6.45) is 2.17. The molecule has 1 amide bonds. The number of hydrogen-bond donors (Lipinski definition) is 3. The Morgan fingerprint density at radius 1 is 1.42 bits per heavy atom. The van der Waals surface area contributed by atoms with Gasteiger partial charge in [0, 0.05) is 11.8 Å². The Bertz CT molecular complexity index is 1060. The van der Waals surface area contributed by atoms with Crippen molar-refractivity contribution < 1.29 is 17.6 Å². The average Bonchev–Trinajstić information content (AvgIpc) is 3.01.